The third-order valence-electron chi connectivity index (χ3n) is 1.53. The molecule has 1 rings (SSSR count). The van der Waals surface area contributed by atoms with Crippen molar-refractivity contribution in [3.8, 4) is 0 Å². The van der Waals surface area contributed by atoms with Gasteiger partial charge in [0.25, 0.3) is 0 Å². The summed E-state index contributed by atoms with van der Waals surface area (Å²) in [6.45, 7) is 7.26. The van der Waals surface area contributed by atoms with Crippen molar-refractivity contribution in [3.63, 3.8) is 0 Å². The van der Waals surface area contributed by atoms with Crippen molar-refractivity contribution in [1.82, 2.24) is 0 Å². The average Bonchev–Trinajstić information content (AvgIpc) is 1.83. The van der Waals surface area contributed by atoms with E-state index < -0.39 is 7.60 Å². The molecule has 0 aromatic heterocycles. The van der Waals surface area contributed by atoms with Crippen LogP contribution >= 0.6 is 7.60 Å². The summed E-state index contributed by atoms with van der Waals surface area (Å²) in [6, 6.07) is 0. The molecule has 1 fully saturated rings. The van der Waals surface area contributed by atoms with Crippen molar-refractivity contribution in [2.45, 2.75) is 27.2 Å². The molecule has 4 heteroatoms. The minimum atomic E-state index is -2.73. The van der Waals surface area contributed by atoms with E-state index in [2.05, 4.69) is 0 Å². The van der Waals surface area contributed by atoms with Gasteiger partial charge in [-0.15, -0.1) is 0 Å². The average molecular weight is 192 g/mol. The Balaban J connectivity index is 2.53. The van der Waals surface area contributed by atoms with Crippen molar-refractivity contribution in [1.29, 1.82) is 0 Å². The van der Waals surface area contributed by atoms with Gasteiger partial charge in [-0.3, -0.25) is 4.57 Å². The lowest BCUT2D eigenvalue weighted by molar-refractivity contribution is 0.141. The Morgan fingerprint density at radius 1 is 1.25 bits per heavy atom. The van der Waals surface area contributed by atoms with Crippen molar-refractivity contribution >= 4 is 7.60 Å². The van der Waals surface area contributed by atoms with E-state index in [0.717, 1.165) is 6.42 Å². The van der Waals surface area contributed by atoms with Crippen LogP contribution in [0.25, 0.3) is 0 Å². The van der Waals surface area contributed by atoms with Gasteiger partial charge < -0.3 is 9.05 Å². The van der Waals surface area contributed by atoms with Crippen molar-refractivity contribution in [2.75, 3.05) is 19.4 Å². The first-order valence-corrected chi connectivity index (χ1v) is 6.02. The van der Waals surface area contributed by atoms with Gasteiger partial charge in [0.1, 0.15) is 0 Å². The van der Waals surface area contributed by atoms with Gasteiger partial charge in [-0.1, -0.05) is 20.8 Å². The Bertz CT molecular complexity index is 185. The van der Waals surface area contributed by atoms with E-state index in [0.29, 0.717) is 19.4 Å². The van der Waals surface area contributed by atoms with Crippen LogP contribution in [0.2, 0.25) is 0 Å². The van der Waals surface area contributed by atoms with Gasteiger partial charge in [-0.25, -0.2) is 0 Å². The van der Waals surface area contributed by atoms with E-state index in [1.165, 1.54) is 0 Å². The lowest BCUT2D eigenvalue weighted by Crippen LogP contribution is -2.18. The molecule has 0 atom stereocenters. The Morgan fingerprint density at radius 3 is 2.17 bits per heavy atom. The molecule has 0 amide bonds. The second-order valence-corrected chi connectivity index (χ2v) is 6.40. The van der Waals surface area contributed by atoms with Gasteiger partial charge in [-0.2, -0.15) is 0 Å². The predicted octanol–water partition coefficient (Wildman–Crippen LogP) is 2.66. The molecular weight excluding hydrogens is 175 g/mol. The smallest absolute Gasteiger partial charge is 0.308 e. The first-order valence-electron chi connectivity index (χ1n) is 4.29. The number of hydrogen-bond acceptors (Lipinski definition) is 3. The van der Waals surface area contributed by atoms with E-state index in [1.807, 2.05) is 20.8 Å². The summed E-state index contributed by atoms with van der Waals surface area (Å²) in [6.07, 6.45) is 1.37. The molecule has 0 spiro atoms. The number of hydrogen-bond donors (Lipinski definition) is 0. The molecule has 72 valence electrons. The van der Waals surface area contributed by atoms with Gasteiger partial charge in [0, 0.05) is 0 Å². The third-order valence-corrected chi connectivity index (χ3v) is 4.02. The second kappa shape index (κ2) is 3.49. The van der Waals surface area contributed by atoms with Crippen LogP contribution in [-0.4, -0.2) is 19.4 Å². The SMILES string of the molecule is CC(C)(C)CP1(=O)OCCCO1. The summed E-state index contributed by atoms with van der Waals surface area (Å²) in [4.78, 5) is 0. The fourth-order valence-electron chi connectivity index (χ4n) is 1.18. The zero-order valence-corrected chi connectivity index (χ0v) is 8.89. The third kappa shape index (κ3) is 3.26. The van der Waals surface area contributed by atoms with E-state index in [-0.39, 0.29) is 5.41 Å². The van der Waals surface area contributed by atoms with Crippen molar-refractivity contribution in [3.05, 3.63) is 0 Å². The molecule has 0 aliphatic carbocycles. The van der Waals surface area contributed by atoms with E-state index in [4.69, 9.17) is 9.05 Å². The van der Waals surface area contributed by atoms with E-state index >= 15 is 0 Å². The molecule has 12 heavy (non-hydrogen) atoms. The molecular formula is C8H17O3P. The molecule has 1 heterocycles. The highest BCUT2D eigenvalue weighted by Gasteiger charge is 2.32. The van der Waals surface area contributed by atoms with Gasteiger partial charge in [0.2, 0.25) is 0 Å². The Hall–Kier alpha value is 0.150. The summed E-state index contributed by atoms with van der Waals surface area (Å²) < 4.78 is 22.2. The highest BCUT2D eigenvalue weighted by atomic mass is 31.2. The molecule has 1 saturated heterocycles. The molecule has 0 aromatic carbocycles. The number of rotatable bonds is 1. The Labute approximate surface area is 74.0 Å². The molecule has 1 aliphatic rings. The molecule has 0 N–H and O–H groups in total. The fourth-order valence-corrected chi connectivity index (χ4v) is 3.41. The fraction of sp³-hybridized carbons (Fsp3) is 1.00. The maximum atomic E-state index is 11.8. The quantitative estimate of drug-likeness (QED) is 0.599. The van der Waals surface area contributed by atoms with Crippen LogP contribution in [0.3, 0.4) is 0 Å². The van der Waals surface area contributed by atoms with Gasteiger partial charge in [-0.05, 0) is 11.8 Å². The first-order chi connectivity index (χ1) is 5.41. The topological polar surface area (TPSA) is 35.5 Å². The molecule has 0 aromatic rings. The maximum Gasteiger partial charge on any atom is 0.331 e. The van der Waals surface area contributed by atoms with Crippen LogP contribution in [-0.2, 0) is 13.6 Å². The van der Waals surface area contributed by atoms with Crippen LogP contribution in [0.1, 0.15) is 27.2 Å². The van der Waals surface area contributed by atoms with Crippen molar-refractivity contribution in [2.24, 2.45) is 5.41 Å². The monoisotopic (exact) mass is 192 g/mol. The van der Waals surface area contributed by atoms with Crippen molar-refractivity contribution < 1.29 is 13.6 Å². The molecule has 0 unspecified atom stereocenters. The standard InChI is InChI=1S/C8H17O3P/c1-8(2,3)7-12(9)10-5-4-6-11-12/h4-7H2,1-3H3. The summed E-state index contributed by atoms with van der Waals surface area (Å²) in [7, 11) is -2.73. The summed E-state index contributed by atoms with van der Waals surface area (Å²) in [5, 5.41) is 0. The van der Waals surface area contributed by atoms with Crippen LogP contribution in [0.15, 0.2) is 0 Å². The second-order valence-electron chi connectivity index (χ2n) is 4.35. The van der Waals surface area contributed by atoms with Crippen LogP contribution in [0, 0.1) is 5.41 Å². The van der Waals surface area contributed by atoms with E-state index in [1.54, 1.807) is 0 Å². The zero-order chi connectivity index (χ0) is 9.24. The highest BCUT2D eigenvalue weighted by Crippen LogP contribution is 2.54. The Kier molecular flexibility index (Phi) is 2.97. The molecule has 0 radical (unpaired) electrons. The lowest BCUT2D eigenvalue weighted by Gasteiger charge is -2.28. The normalized spacial score (nSPS) is 23.9. The molecule has 3 nitrogen and oxygen atoms in total. The van der Waals surface area contributed by atoms with Gasteiger partial charge in [0.15, 0.2) is 0 Å². The molecule has 0 saturated carbocycles. The zero-order valence-electron chi connectivity index (χ0n) is 8.00. The minimum Gasteiger partial charge on any atom is -0.308 e. The largest absolute Gasteiger partial charge is 0.331 e. The Morgan fingerprint density at radius 2 is 1.75 bits per heavy atom. The van der Waals surface area contributed by atoms with Crippen LogP contribution < -0.4 is 0 Å². The minimum absolute atomic E-state index is 0.00681. The summed E-state index contributed by atoms with van der Waals surface area (Å²) in [5.41, 5.74) is 0.00681. The van der Waals surface area contributed by atoms with E-state index in [9.17, 15) is 4.57 Å². The summed E-state index contributed by atoms with van der Waals surface area (Å²) in [5.74, 6) is 0. The van der Waals surface area contributed by atoms with Gasteiger partial charge in [0.05, 0.1) is 19.4 Å². The maximum absolute atomic E-state index is 11.8. The van der Waals surface area contributed by atoms with Crippen LogP contribution in [0.5, 0.6) is 0 Å². The lowest BCUT2D eigenvalue weighted by atomic mass is 10.0. The summed E-state index contributed by atoms with van der Waals surface area (Å²) >= 11 is 0. The predicted molar refractivity (Wildman–Crippen MR) is 48.4 cm³/mol. The molecule has 1 aliphatic heterocycles. The first kappa shape index (κ1) is 10.2. The molecule has 0 bridgehead atoms. The van der Waals surface area contributed by atoms with Gasteiger partial charge >= 0.3 is 7.60 Å². The highest BCUT2D eigenvalue weighted by molar-refractivity contribution is 7.53. The van der Waals surface area contributed by atoms with Crippen LogP contribution in [0.4, 0.5) is 0 Å².